The number of carbonyl (C=O) groups is 3. The first-order valence-electron chi connectivity index (χ1n) is 16.1. The second-order valence-corrected chi connectivity index (χ2v) is 11.7. The number of carbonyl (C=O) groups excluding carboxylic acids is 2. The summed E-state index contributed by atoms with van der Waals surface area (Å²) < 4.78 is 33.7. The molecule has 4 rings (SSSR count). The third-order valence-corrected chi connectivity index (χ3v) is 7.67. The van der Waals surface area contributed by atoms with E-state index in [-0.39, 0.29) is 48.0 Å². The standard InChI is InChI=1S/C36H41F2N5O6/c1-3-9-43(10-4-2)35(46)28-17-26(16-27(18-28)34-40-8-11-49-34)33(45)42-31(15-25-13-29(37)19-30(38)14-25)32(44)22-39-20-23-6-5-7-24(12-23)21-41-36(47)48/h5-8,11-14,16-19,31-32,39,41,44H,3-4,9-10,15,20-22H2,1-2H3,(H,42,45)(H,47,48)/t31-,32+/m0/s1. The van der Waals surface area contributed by atoms with Crippen LogP contribution in [0.15, 0.2) is 77.5 Å². The quantitative estimate of drug-likeness (QED) is 0.103. The van der Waals surface area contributed by atoms with Crippen LogP contribution in [-0.4, -0.2) is 69.8 Å². The molecule has 0 aliphatic heterocycles. The van der Waals surface area contributed by atoms with Gasteiger partial charge in [0.2, 0.25) is 5.89 Å². The third-order valence-electron chi connectivity index (χ3n) is 7.67. The van der Waals surface area contributed by atoms with E-state index in [0.29, 0.717) is 25.2 Å². The summed E-state index contributed by atoms with van der Waals surface area (Å²) in [5.74, 6) is -2.27. The number of nitrogens with zero attached hydrogens (tertiary/aromatic N) is 2. The summed E-state index contributed by atoms with van der Waals surface area (Å²) in [6, 6.07) is 13.8. The lowest BCUT2D eigenvalue weighted by atomic mass is 9.99. The van der Waals surface area contributed by atoms with Crippen molar-refractivity contribution < 1.29 is 37.8 Å². The van der Waals surface area contributed by atoms with Gasteiger partial charge in [0.05, 0.1) is 18.3 Å². The molecule has 11 nitrogen and oxygen atoms in total. The largest absolute Gasteiger partial charge is 0.465 e. The van der Waals surface area contributed by atoms with E-state index in [1.165, 1.54) is 24.6 Å². The lowest BCUT2D eigenvalue weighted by Crippen LogP contribution is -2.48. The summed E-state index contributed by atoms with van der Waals surface area (Å²) in [7, 11) is 0. The van der Waals surface area contributed by atoms with Crippen LogP contribution in [0.4, 0.5) is 13.6 Å². The zero-order valence-corrected chi connectivity index (χ0v) is 27.4. The fourth-order valence-electron chi connectivity index (χ4n) is 5.46. The van der Waals surface area contributed by atoms with Crippen LogP contribution in [0, 0.1) is 11.6 Å². The highest BCUT2D eigenvalue weighted by atomic mass is 19.1. The predicted molar refractivity (Wildman–Crippen MR) is 179 cm³/mol. The average Bonchev–Trinajstić information content (AvgIpc) is 3.62. The van der Waals surface area contributed by atoms with Crippen LogP contribution in [0.5, 0.6) is 0 Å². The number of aliphatic hydroxyl groups is 1. The second-order valence-electron chi connectivity index (χ2n) is 11.7. The van der Waals surface area contributed by atoms with Gasteiger partial charge in [0, 0.05) is 55.5 Å². The molecule has 2 atom stereocenters. The Bertz CT molecular complexity index is 1690. The average molecular weight is 678 g/mol. The van der Waals surface area contributed by atoms with Gasteiger partial charge in [-0.3, -0.25) is 9.59 Å². The fraction of sp³-hybridized carbons (Fsp3) is 0.333. The molecule has 0 fully saturated rings. The van der Waals surface area contributed by atoms with Crippen LogP contribution >= 0.6 is 0 Å². The number of halogens is 2. The van der Waals surface area contributed by atoms with Crippen molar-refractivity contribution in [3.05, 3.63) is 113 Å². The summed E-state index contributed by atoms with van der Waals surface area (Å²) in [5.41, 5.74) is 2.56. The summed E-state index contributed by atoms with van der Waals surface area (Å²) in [6.45, 7) is 5.44. The number of aliphatic hydroxyl groups excluding tert-OH is 1. The Morgan fingerprint density at radius 1 is 0.898 bits per heavy atom. The molecule has 0 bridgehead atoms. The molecule has 0 saturated carbocycles. The maximum absolute atomic E-state index is 14.1. The molecule has 0 radical (unpaired) electrons. The van der Waals surface area contributed by atoms with E-state index in [2.05, 4.69) is 20.9 Å². The number of aromatic nitrogens is 1. The number of carboxylic acid groups (broad SMARTS) is 1. The molecular weight excluding hydrogens is 636 g/mol. The number of amides is 3. The van der Waals surface area contributed by atoms with Crippen molar-refractivity contribution in [3.63, 3.8) is 0 Å². The van der Waals surface area contributed by atoms with Gasteiger partial charge in [-0.2, -0.15) is 0 Å². The van der Waals surface area contributed by atoms with Crippen LogP contribution in [0.2, 0.25) is 0 Å². The van der Waals surface area contributed by atoms with Gasteiger partial charge in [-0.05, 0) is 66.3 Å². The smallest absolute Gasteiger partial charge is 0.404 e. The molecule has 1 heterocycles. The molecule has 0 aliphatic carbocycles. The number of benzene rings is 3. The second kappa shape index (κ2) is 17.9. The van der Waals surface area contributed by atoms with Gasteiger partial charge in [0.15, 0.2) is 0 Å². The normalized spacial score (nSPS) is 12.3. The van der Waals surface area contributed by atoms with Gasteiger partial charge in [-0.1, -0.05) is 38.1 Å². The van der Waals surface area contributed by atoms with E-state index in [4.69, 9.17) is 9.52 Å². The molecule has 1 aromatic heterocycles. The first kappa shape index (κ1) is 36.7. The minimum atomic E-state index is -1.22. The summed E-state index contributed by atoms with van der Waals surface area (Å²) in [4.78, 5) is 44.1. The summed E-state index contributed by atoms with van der Waals surface area (Å²) >= 11 is 0. The fourth-order valence-corrected chi connectivity index (χ4v) is 5.46. The van der Waals surface area contributed by atoms with Gasteiger partial charge >= 0.3 is 6.09 Å². The summed E-state index contributed by atoms with van der Waals surface area (Å²) in [6.07, 6.45) is 1.87. The van der Waals surface area contributed by atoms with E-state index in [9.17, 15) is 28.3 Å². The van der Waals surface area contributed by atoms with Crippen molar-refractivity contribution in [3.8, 4) is 11.5 Å². The first-order valence-corrected chi connectivity index (χ1v) is 16.1. The van der Waals surface area contributed by atoms with Gasteiger partial charge in [-0.25, -0.2) is 18.6 Å². The molecule has 0 aliphatic rings. The number of rotatable bonds is 17. The first-order chi connectivity index (χ1) is 23.6. The van der Waals surface area contributed by atoms with Crippen LogP contribution < -0.4 is 16.0 Å². The van der Waals surface area contributed by atoms with Crippen LogP contribution in [0.25, 0.3) is 11.5 Å². The van der Waals surface area contributed by atoms with E-state index in [1.807, 2.05) is 26.0 Å². The molecule has 3 aromatic carbocycles. The molecule has 260 valence electrons. The molecule has 0 saturated heterocycles. The maximum atomic E-state index is 14.1. The molecule has 0 spiro atoms. The van der Waals surface area contributed by atoms with E-state index >= 15 is 0 Å². The lowest BCUT2D eigenvalue weighted by molar-refractivity contribution is 0.0755. The Kier molecular flexibility index (Phi) is 13.4. The molecule has 13 heteroatoms. The zero-order chi connectivity index (χ0) is 35.3. The Morgan fingerprint density at radius 2 is 1.57 bits per heavy atom. The number of hydrogen-bond acceptors (Lipinski definition) is 7. The minimum Gasteiger partial charge on any atom is -0.465 e. The highest BCUT2D eigenvalue weighted by molar-refractivity contribution is 6.01. The highest BCUT2D eigenvalue weighted by Crippen LogP contribution is 2.23. The molecule has 3 amide bonds. The Balaban J connectivity index is 1.57. The Morgan fingerprint density at radius 3 is 2.20 bits per heavy atom. The highest BCUT2D eigenvalue weighted by Gasteiger charge is 2.25. The number of hydrogen-bond donors (Lipinski definition) is 5. The maximum Gasteiger partial charge on any atom is 0.404 e. The van der Waals surface area contributed by atoms with E-state index in [1.54, 1.807) is 23.1 Å². The van der Waals surface area contributed by atoms with E-state index < -0.39 is 35.8 Å². The van der Waals surface area contributed by atoms with E-state index in [0.717, 1.165) is 42.2 Å². The zero-order valence-electron chi connectivity index (χ0n) is 27.4. The summed E-state index contributed by atoms with van der Waals surface area (Å²) in [5, 5.41) is 28.4. The Labute approximate surface area is 283 Å². The van der Waals surface area contributed by atoms with Crippen molar-refractivity contribution in [2.24, 2.45) is 0 Å². The van der Waals surface area contributed by atoms with Gasteiger partial charge in [-0.15, -0.1) is 0 Å². The van der Waals surface area contributed by atoms with Crippen LogP contribution in [0.1, 0.15) is 64.1 Å². The lowest BCUT2D eigenvalue weighted by Gasteiger charge is -2.25. The van der Waals surface area contributed by atoms with Gasteiger partial charge in [0.1, 0.15) is 17.9 Å². The molecule has 0 unspecified atom stereocenters. The van der Waals surface area contributed by atoms with Crippen molar-refractivity contribution in [2.75, 3.05) is 19.6 Å². The van der Waals surface area contributed by atoms with Crippen molar-refractivity contribution in [1.29, 1.82) is 0 Å². The molecule has 4 aromatic rings. The third kappa shape index (κ3) is 10.9. The molecule has 49 heavy (non-hydrogen) atoms. The minimum absolute atomic E-state index is 0.0105. The Hall–Kier alpha value is -5.14. The topological polar surface area (TPSA) is 157 Å². The number of nitrogens with one attached hydrogen (secondary N) is 3. The van der Waals surface area contributed by atoms with Crippen molar-refractivity contribution in [2.45, 2.75) is 58.3 Å². The monoisotopic (exact) mass is 677 g/mol. The molecular formula is C36H41F2N5O6. The molecule has 5 N–H and O–H groups in total. The number of oxazole rings is 1. The van der Waals surface area contributed by atoms with Crippen molar-refractivity contribution in [1.82, 2.24) is 25.8 Å². The van der Waals surface area contributed by atoms with Crippen LogP contribution in [-0.2, 0) is 19.5 Å². The van der Waals surface area contributed by atoms with Crippen molar-refractivity contribution >= 4 is 17.9 Å². The SMILES string of the molecule is CCCN(CCC)C(=O)c1cc(C(=O)N[C@@H](Cc2cc(F)cc(F)c2)[C@H](O)CNCc2cccc(CNC(=O)O)c2)cc(-c2ncco2)c1. The van der Waals surface area contributed by atoms with Gasteiger partial charge < -0.3 is 35.5 Å². The van der Waals surface area contributed by atoms with Crippen LogP contribution in [0.3, 0.4) is 0 Å². The van der Waals surface area contributed by atoms with Gasteiger partial charge in [0.25, 0.3) is 11.8 Å². The predicted octanol–water partition coefficient (Wildman–Crippen LogP) is 5.14.